The number of piperidine rings is 1. The van der Waals surface area contributed by atoms with E-state index in [0.717, 1.165) is 49.3 Å². The third-order valence-electron chi connectivity index (χ3n) is 6.74. The second-order valence-electron chi connectivity index (χ2n) is 9.20. The van der Waals surface area contributed by atoms with Crippen molar-refractivity contribution in [1.29, 1.82) is 0 Å². The average molecular weight is 502 g/mol. The predicted molar refractivity (Wildman–Crippen MR) is 149 cm³/mol. The molecule has 0 radical (unpaired) electrons. The van der Waals surface area contributed by atoms with Crippen LogP contribution in [-0.4, -0.2) is 47.8 Å². The van der Waals surface area contributed by atoms with E-state index in [9.17, 15) is 9.59 Å². The highest BCUT2D eigenvalue weighted by atomic mass is 32.1. The van der Waals surface area contributed by atoms with E-state index >= 15 is 0 Å². The number of benzene rings is 2. The molecule has 0 saturated carbocycles. The molecule has 1 fully saturated rings. The first-order valence-electron chi connectivity index (χ1n) is 12.7. The lowest BCUT2D eigenvalue weighted by Gasteiger charge is -2.30. The Balaban J connectivity index is 1.65. The molecule has 2 aromatic carbocycles. The summed E-state index contributed by atoms with van der Waals surface area (Å²) in [7, 11) is 0. The van der Waals surface area contributed by atoms with Crippen LogP contribution in [0.2, 0.25) is 0 Å². The van der Waals surface area contributed by atoms with Gasteiger partial charge in [0.25, 0.3) is 5.91 Å². The molecule has 5 nitrogen and oxygen atoms in total. The Hall–Kier alpha value is -3.22. The zero-order valence-electron chi connectivity index (χ0n) is 21.4. The molecule has 1 N–H and O–H groups in total. The standard InChI is InChI=1S/C30H35N3O2S/c1-4-33(5-2)30(35)26-11-9-24(10-12-26)29(27-7-6-8-28(19-27)31-22(3)34)25-13-16-32(17-14-25)20-23-15-18-36-21-23/h6-12,15,18-19,21H,4-5,13-14,16-17,20H2,1-3H3,(H,31,34). The maximum atomic E-state index is 12.8. The molecular weight excluding hydrogens is 466 g/mol. The number of nitrogens with zero attached hydrogens (tertiary/aromatic N) is 2. The number of amides is 2. The summed E-state index contributed by atoms with van der Waals surface area (Å²) in [4.78, 5) is 28.9. The molecule has 2 amide bonds. The van der Waals surface area contributed by atoms with E-state index in [2.05, 4.69) is 51.3 Å². The number of thiophene rings is 1. The van der Waals surface area contributed by atoms with E-state index in [1.807, 2.05) is 43.0 Å². The highest BCUT2D eigenvalue weighted by Crippen LogP contribution is 2.34. The van der Waals surface area contributed by atoms with Gasteiger partial charge in [0.05, 0.1) is 0 Å². The Kier molecular flexibility index (Phi) is 8.73. The van der Waals surface area contributed by atoms with Crippen LogP contribution < -0.4 is 5.32 Å². The predicted octanol–water partition coefficient (Wildman–Crippen LogP) is 6.29. The van der Waals surface area contributed by atoms with Gasteiger partial charge < -0.3 is 10.2 Å². The monoisotopic (exact) mass is 501 g/mol. The lowest BCUT2D eigenvalue weighted by Crippen LogP contribution is -2.30. The molecule has 0 bridgehead atoms. The minimum atomic E-state index is -0.0811. The Morgan fingerprint density at radius 2 is 1.64 bits per heavy atom. The van der Waals surface area contributed by atoms with Crippen molar-refractivity contribution in [2.24, 2.45) is 0 Å². The Labute approximate surface area is 218 Å². The molecule has 0 aliphatic carbocycles. The second kappa shape index (κ2) is 12.2. The van der Waals surface area contributed by atoms with Crippen LogP contribution in [0.3, 0.4) is 0 Å². The van der Waals surface area contributed by atoms with Crippen LogP contribution in [-0.2, 0) is 11.3 Å². The minimum absolute atomic E-state index is 0.0650. The lowest BCUT2D eigenvalue weighted by molar-refractivity contribution is -0.114. The molecule has 188 valence electrons. The van der Waals surface area contributed by atoms with Gasteiger partial charge in [-0.05, 0) is 90.0 Å². The maximum absolute atomic E-state index is 12.8. The number of nitrogens with one attached hydrogen (secondary N) is 1. The van der Waals surface area contributed by atoms with Gasteiger partial charge in [-0.2, -0.15) is 11.3 Å². The largest absolute Gasteiger partial charge is 0.339 e. The van der Waals surface area contributed by atoms with Crippen LogP contribution in [0.25, 0.3) is 5.57 Å². The molecule has 4 rings (SSSR count). The first kappa shape index (κ1) is 25.9. The molecule has 0 spiro atoms. The van der Waals surface area contributed by atoms with E-state index in [0.29, 0.717) is 18.7 Å². The smallest absolute Gasteiger partial charge is 0.253 e. The summed E-state index contributed by atoms with van der Waals surface area (Å²) in [5, 5.41) is 7.28. The van der Waals surface area contributed by atoms with Gasteiger partial charge in [-0.15, -0.1) is 0 Å². The van der Waals surface area contributed by atoms with Gasteiger partial charge in [0.1, 0.15) is 0 Å². The minimum Gasteiger partial charge on any atom is -0.339 e. The van der Waals surface area contributed by atoms with Crippen molar-refractivity contribution in [3.8, 4) is 0 Å². The van der Waals surface area contributed by atoms with Crippen molar-refractivity contribution >= 4 is 34.4 Å². The average Bonchev–Trinajstić information content (AvgIpc) is 3.39. The normalized spacial score (nSPS) is 13.9. The molecule has 3 aromatic rings. The highest BCUT2D eigenvalue weighted by Gasteiger charge is 2.20. The Bertz CT molecular complexity index is 1200. The molecule has 1 aliphatic rings. The molecule has 1 aromatic heterocycles. The number of hydrogen-bond acceptors (Lipinski definition) is 4. The first-order valence-corrected chi connectivity index (χ1v) is 13.7. The summed E-state index contributed by atoms with van der Waals surface area (Å²) in [6, 6.07) is 18.3. The summed E-state index contributed by atoms with van der Waals surface area (Å²) in [5.41, 5.74) is 7.70. The third kappa shape index (κ3) is 6.31. The molecule has 0 atom stereocenters. The van der Waals surface area contributed by atoms with E-state index in [1.165, 1.54) is 23.6 Å². The number of hydrogen-bond donors (Lipinski definition) is 1. The summed E-state index contributed by atoms with van der Waals surface area (Å²) < 4.78 is 0. The van der Waals surface area contributed by atoms with Crippen molar-refractivity contribution in [2.75, 3.05) is 31.5 Å². The van der Waals surface area contributed by atoms with Gasteiger partial charge in [-0.1, -0.05) is 29.8 Å². The molecular formula is C30H35N3O2S. The highest BCUT2D eigenvalue weighted by molar-refractivity contribution is 7.07. The SMILES string of the molecule is CCN(CC)C(=O)c1ccc(C(=C2CCN(Cc3ccsc3)CC2)c2cccc(NC(C)=O)c2)cc1. The number of carbonyl (C=O) groups is 2. The fourth-order valence-electron chi connectivity index (χ4n) is 4.88. The van der Waals surface area contributed by atoms with Gasteiger partial charge in [0, 0.05) is 50.9 Å². The van der Waals surface area contributed by atoms with Crippen molar-refractivity contribution in [3.63, 3.8) is 0 Å². The summed E-state index contributed by atoms with van der Waals surface area (Å²) >= 11 is 1.75. The zero-order chi connectivity index (χ0) is 25.5. The topological polar surface area (TPSA) is 52.7 Å². The van der Waals surface area contributed by atoms with Crippen LogP contribution in [0.1, 0.15) is 60.7 Å². The molecule has 36 heavy (non-hydrogen) atoms. The van der Waals surface area contributed by atoms with E-state index in [-0.39, 0.29) is 11.8 Å². The van der Waals surface area contributed by atoms with Crippen LogP contribution in [0.4, 0.5) is 5.69 Å². The summed E-state index contributed by atoms with van der Waals surface area (Å²) in [6.07, 6.45) is 1.98. The van der Waals surface area contributed by atoms with Crippen molar-refractivity contribution < 1.29 is 9.59 Å². The fraction of sp³-hybridized carbons (Fsp3) is 0.333. The van der Waals surface area contributed by atoms with Gasteiger partial charge in [0.2, 0.25) is 5.91 Å². The van der Waals surface area contributed by atoms with Crippen LogP contribution >= 0.6 is 11.3 Å². The van der Waals surface area contributed by atoms with E-state index in [1.54, 1.807) is 11.3 Å². The first-order chi connectivity index (χ1) is 17.5. The number of likely N-dealkylation sites (tertiary alicyclic amines) is 1. The lowest BCUT2D eigenvalue weighted by atomic mass is 9.87. The number of anilines is 1. The zero-order valence-corrected chi connectivity index (χ0v) is 22.2. The third-order valence-corrected chi connectivity index (χ3v) is 7.47. The molecule has 6 heteroatoms. The van der Waals surface area contributed by atoms with Crippen molar-refractivity contribution in [1.82, 2.24) is 9.80 Å². The molecule has 1 aliphatic heterocycles. The van der Waals surface area contributed by atoms with Gasteiger partial charge in [-0.3, -0.25) is 14.5 Å². The number of rotatable bonds is 8. The van der Waals surface area contributed by atoms with E-state index < -0.39 is 0 Å². The van der Waals surface area contributed by atoms with Crippen LogP contribution in [0, 0.1) is 0 Å². The molecule has 0 unspecified atom stereocenters. The molecule has 2 heterocycles. The second-order valence-corrected chi connectivity index (χ2v) is 9.98. The maximum Gasteiger partial charge on any atom is 0.253 e. The van der Waals surface area contributed by atoms with Crippen LogP contribution in [0.15, 0.2) is 70.9 Å². The summed E-state index contributed by atoms with van der Waals surface area (Å²) in [6.45, 7) is 9.95. The van der Waals surface area contributed by atoms with Gasteiger partial charge in [0.15, 0.2) is 0 Å². The quantitative estimate of drug-likeness (QED) is 0.395. The summed E-state index contributed by atoms with van der Waals surface area (Å²) in [5.74, 6) is -0.0162. The molecule has 1 saturated heterocycles. The Morgan fingerprint density at radius 3 is 2.25 bits per heavy atom. The van der Waals surface area contributed by atoms with E-state index in [4.69, 9.17) is 0 Å². The van der Waals surface area contributed by atoms with Gasteiger partial charge in [-0.25, -0.2) is 0 Å². The Morgan fingerprint density at radius 1 is 0.944 bits per heavy atom. The van der Waals surface area contributed by atoms with Crippen molar-refractivity contribution in [3.05, 3.63) is 93.2 Å². The number of carbonyl (C=O) groups excluding carboxylic acids is 2. The van der Waals surface area contributed by atoms with Gasteiger partial charge >= 0.3 is 0 Å². The van der Waals surface area contributed by atoms with Crippen LogP contribution in [0.5, 0.6) is 0 Å². The fourth-order valence-corrected chi connectivity index (χ4v) is 5.54. The van der Waals surface area contributed by atoms with Crippen molar-refractivity contribution in [2.45, 2.75) is 40.2 Å².